The smallest absolute Gasteiger partial charge is 0.120 e. The molecule has 2 unspecified atom stereocenters. The minimum absolute atomic E-state index is 0.382. The molecule has 1 aromatic rings. The Morgan fingerprint density at radius 3 is 2.62 bits per heavy atom. The molecule has 0 saturated heterocycles. The highest BCUT2D eigenvalue weighted by atomic mass is 16.5. The van der Waals surface area contributed by atoms with Gasteiger partial charge in [-0.15, -0.1) is 0 Å². The number of rotatable bonds is 4. The Bertz CT molecular complexity index is 462. The largest absolute Gasteiger partial charge is 0.490 e. The van der Waals surface area contributed by atoms with Gasteiger partial charge >= 0.3 is 0 Å². The number of nitrogens with one attached hydrogen (secondary N) is 1. The molecule has 2 atom stereocenters. The molecule has 0 amide bonds. The molecule has 2 aliphatic carbocycles. The van der Waals surface area contributed by atoms with E-state index in [1.54, 1.807) is 0 Å². The Kier molecular flexibility index (Phi) is 4.54. The summed E-state index contributed by atoms with van der Waals surface area (Å²) in [6, 6.07) is 9.30. The first-order valence-corrected chi connectivity index (χ1v) is 8.71. The second kappa shape index (κ2) is 6.39. The molecular formula is C19H29NO. The topological polar surface area (TPSA) is 21.3 Å². The van der Waals surface area contributed by atoms with Crippen molar-refractivity contribution in [3.63, 3.8) is 0 Å². The molecule has 21 heavy (non-hydrogen) atoms. The van der Waals surface area contributed by atoms with Crippen LogP contribution in [0.5, 0.6) is 5.75 Å². The lowest BCUT2D eigenvalue weighted by Crippen LogP contribution is -2.64. The quantitative estimate of drug-likeness (QED) is 0.890. The molecule has 116 valence electrons. The van der Waals surface area contributed by atoms with Crippen LogP contribution < -0.4 is 10.1 Å². The van der Waals surface area contributed by atoms with Gasteiger partial charge in [0.2, 0.25) is 0 Å². The van der Waals surface area contributed by atoms with Crippen LogP contribution in [0.25, 0.3) is 0 Å². The Labute approximate surface area is 129 Å². The zero-order valence-corrected chi connectivity index (χ0v) is 13.5. The third-order valence-corrected chi connectivity index (χ3v) is 5.75. The van der Waals surface area contributed by atoms with Crippen LogP contribution >= 0.6 is 0 Å². The zero-order chi connectivity index (χ0) is 14.7. The molecule has 1 aromatic carbocycles. The Morgan fingerprint density at radius 1 is 1.19 bits per heavy atom. The van der Waals surface area contributed by atoms with E-state index in [9.17, 15) is 0 Å². The molecule has 0 radical (unpaired) electrons. The normalized spacial score (nSPS) is 27.9. The van der Waals surface area contributed by atoms with Crippen LogP contribution in [0.4, 0.5) is 0 Å². The Balaban J connectivity index is 1.74. The van der Waals surface area contributed by atoms with Gasteiger partial charge in [-0.2, -0.15) is 0 Å². The van der Waals surface area contributed by atoms with Gasteiger partial charge in [0.1, 0.15) is 11.9 Å². The third-order valence-electron chi connectivity index (χ3n) is 5.75. The summed E-state index contributed by atoms with van der Waals surface area (Å²) in [6.07, 6.45) is 10.8. The summed E-state index contributed by atoms with van der Waals surface area (Å²) in [5.74, 6) is 1.07. The average molecular weight is 287 g/mol. The highest BCUT2D eigenvalue weighted by molar-refractivity contribution is 5.29. The summed E-state index contributed by atoms with van der Waals surface area (Å²) in [5, 5.41) is 3.55. The lowest BCUT2D eigenvalue weighted by molar-refractivity contribution is -0.0882. The van der Waals surface area contributed by atoms with E-state index in [4.69, 9.17) is 4.74 Å². The summed E-state index contributed by atoms with van der Waals surface area (Å²) in [7, 11) is 2.12. The summed E-state index contributed by atoms with van der Waals surface area (Å²) in [5.41, 5.74) is 1.75. The SMILES string of the molecule is CCc1cccc(OC2CC(NC)C23CCCCCC3)c1. The van der Waals surface area contributed by atoms with Crippen LogP contribution in [0.1, 0.15) is 57.4 Å². The molecule has 1 N–H and O–H groups in total. The van der Waals surface area contributed by atoms with Gasteiger partial charge in [0.25, 0.3) is 0 Å². The van der Waals surface area contributed by atoms with Gasteiger partial charge in [-0.1, -0.05) is 44.7 Å². The van der Waals surface area contributed by atoms with E-state index in [-0.39, 0.29) is 0 Å². The minimum atomic E-state index is 0.382. The van der Waals surface area contributed by atoms with Crippen LogP contribution in [0.2, 0.25) is 0 Å². The fourth-order valence-corrected chi connectivity index (χ4v) is 4.38. The van der Waals surface area contributed by atoms with E-state index in [0.717, 1.165) is 18.6 Å². The van der Waals surface area contributed by atoms with Crippen molar-refractivity contribution in [2.75, 3.05) is 7.05 Å². The maximum absolute atomic E-state index is 6.43. The fraction of sp³-hybridized carbons (Fsp3) is 0.684. The summed E-state index contributed by atoms with van der Waals surface area (Å²) >= 11 is 0. The molecule has 1 spiro atoms. The van der Waals surface area contributed by atoms with Crippen molar-refractivity contribution in [3.05, 3.63) is 29.8 Å². The molecule has 0 bridgehead atoms. The molecule has 3 rings (SSSR count). The van der Waals surface area contributed by atoms with Crippen LogP contribution in [0.3, 0.4) is 0 Å². The highest BCUT2D eigenvalue weighted by Crippen LogP contribution is 2.52. The van der Waals surface area contributed by atoms with Crippen molar-refractivity contribution in [1.82, 2.24) is 5.32 Å². The van der Waals surface area contributed by atoms with E-state index >= 15 is 0 Å². The van der Waals surface area contributed by atoms with E-state index < -0.39 is 0 Å². The van der Waals surface area contributed by atoms with Gasteiger partial charge < -0.3 is 10.1 Å². The molecular weight excluding hydrogens is 258 g/mol. The number of hydrogen-bond acceptors (Lipinski definition) is 2. The van der Waals surface area contributed by atoms with E-state index in [1.807, 2.05) is 0 Å². The first-order chi connectivity index (χ1) is 10.3. The van der Waals surface area contributed by atoms with E-state index in [0.29, 0.717) is 17.6 Å². The third kappa shape index (κ3) is 2.83. The van der Waals surface area contributed by atoms with Crippen molar-refractivity contribution in [3.8, 4) is 5.75 Å². The van der Waals surface area contributed by atoms with Crippen molar-refractivity contribution < 1.29 is 4.74 Å². The second-order valence-electron chi connectivity index (χ2n) is 6.83. The molecule has 2 saturated carbocycles. The molecule has 0 aromatic heterocycles. The van der Waals surface area contributed by atoms with Gasteiger partial charge in [-0.3, -0.25) is 0 Å². The molecule has 2 aliphatic rings. The standard InChI is InChI=1S/C19H29NO/c1-3-15-9-8-10-16(13-15)21-18-14-17(20-2)19(18)11-6-4-5-7-12-19/h8-10,13,17-18,20H,3-7,11-12,14H2,1-2H3. The molecule has 2 fully saturated rings. The number of hydrogen-bond donors (Lipinski definition) is 1. The van der Waals surface area contributed by atoms with Crippen LogP contribution in [0, 0.1) is 5.41 Å². The lowest BCUT2D eigenvalue weighted by Gasteiger charge is -2.55. The molecule has 2 heteroatoms. The maximum Gasteiger partial charge on any atom is 0.120 e. The predicted molar refractivity (Wildman–Crippen MR) is 87.8 cm³/mol. The molecule has 0 heterocycles. The van der Waals surface area contributed by atoms with Crippen molar-refractivity contribution in [2.24, 2.45) is 5.41 Å². The average Bonchev–Trinajstić information content (AvgIpc) is 2.79. The number of benzene rings is 1. The van der Waals surface area contributed by atoms with Crippen LogP contribution in [-0.4, -0.2) is 19.2 Å². The van der Waals surface area contributed by atoms with Gasteiger partial charge in [-0.05, 0) is 44.0 Å². The van der Waals surface area contributed by atoms with Gasteiger partial charge in [0, 0.05) is 17.9 Å². The minimum Gasteiger partial charge on any atom is -0.490 e. The maximum atomic E-state index is 6.43. The first-order valence-electron chi connectivity index (χ1n) is 8.71. The summed E-state index contributed by atoms with van der Waals surface area (Å²) < 4.78 is 6.43. The molecule has 2 nitrogen and oxygen atoms in total. The van der Waals surface area contributed by atoms with Crippen LogP contribution in [0.15, 0.2) is 24.3 Å². The van der Waals surface area contributed by atoms with E-state index in [2.05, 4.69) is 43.6 Å². The van der Waals surface area contributed by atoms with Crippen LogP contribution in [-0.2, 0) is 6.42 Å². The summed E-state index contributed by atoms with van der Waals surface area (Å²) in [6.45, 7) is 2.20. The number of aryl methyl sites for hydroxylation is 1. The Morgan fingerprint density at radius 2 is 1.95 bits per heavy atom. The predicted octanol–water partition coefficient (Wildman–Crippen LogP) is 4.33. The van der Waals surface area contributed by atoms with Crippen molar-refractivity contribution in [1.29, 1.82) is 0 Å². The Hall–Kier alpha value is -1.02. The second-order valence-corrected chi connectivity index (χ2v) is 6.83. The van der Waals surface area contributed by atoms with Crippen molar-refractivity contribution in [2.45, 2.75) is 70.4 Å². The number of ether oxygens (including phenoxy) is 1. The lowest BCUT2D eigenvalue weighted by atomic mass is 9.58. The zero-order valence-electron chi connectivity index (χ0n) is 13.5. The van der Waals surface area contributed by atoms with Gasteiger partial charge in [-0.25, -0.2) is 0 Å². The van der Waals surface area contributed by atoms with Crippen molar-refractivity contribution >= 4 is 0 Å². The first kappa shape index (κ1) is 14.9. The monoisotopic (exact) mass is 287 g/mol. The van der Waals surface area contributed by atoms with Gasteiger partial charge in [0.15, 0.2) is 0 Å². The highest BCUT2D eigenvalue weighted by Gasteiger charge is 2.55. The summed E-state index contributed by atoms with van der Waals surface area (Å²) in [4.78, 5) is 0. The fourth-order valence-electron chi connectivity index (χ4n) is 4.38. The van der Waals surface area contributed by atoms with E-state index in [1.165, 1.54) is 44.1 Å². The van der Waals surface area contributed by atoms with Gasteiger partial charge in [0.05, 0.1) is 0 Å². The molecule has 0 aliphatic heterocycles.